The topological polar surface area (TPSA) is 38.7 Å². The Hall–Kier alpha value is -0.843. The number of rotatable bonds is 5. The van der Waals surface area contributed by atoms with E-state index in [9.17, 15) is 5.11 Å². The first-order chi connectivity index (χ1) is 6.75. The van der Waals surface area contributed by atoms with Crippen molar-refractivity contribution in [3.8, 4) is 5.75 Å². The van der Waals surface area contributed by atoms with Crippen LogP contribution in [0.25, 0.3) is 0 Å². The van der Waals surface area contributed by atoms with Gasteiger partial charge in [0.2, 0.25) is 0 Å². The van der Waals surface area contributed by atoms with Gasteiger partial charge in [0.1, 0.15) is 5.75 Å². The van der Waals surface area contributed by atoms with E-state index in [1.807, 2.05) is 26.0 Å². The standard InChI is InChI=1S/C10H16O3Si/c1-3-12-14-13-8(2)9-6-4-5-7-10(9)11/h4-8,11H,3,14H2,1-2H3. The summed E-state index contributed by atoms with van der Waals surface area (Å²) in [6, 6.07) is 7.21. The van der Waals surface area contributed by atoms with Crippen molar-refractivity contribution >= 4 is 10.0 Å². The molecule has 0 radical (unpaired) electrons. The molecular formula is C10H16O3Si. The molecule has 14 heavy (non-hydrogen) atoms. The molecule has 0 saturated heterocycles. The first kappa shape index (κ1) is 11.2. The molecule has 1 N–H and O–H groups in total. The second-order valence-electron chi connectivity index (χ2n) is 2.98. The summed E-state index contributed by atoms with van der Waals surface area (Å²) in [5.74, 6) is 0.283. The van der Waals surface area contributed by atoms with E-state index in [1.165, 1.54) is 0 Å². The van der Waals surface area contributed by atoms with Crippen molar-refractivity contribution in [2.75, 3.05) is 6.61 Å². The van der Waals surface area contributed by atoms with Crippen LogP contribution in [0.3, 0.4) is 0 Å². The molecule has 0 amide bonds. The van der Waals surface area contributed by atoms with Crippen LogP contribution in [0.2, 0.25) is 0 Å². The number of phenols is 1. The maximum Gasteiger partial charge on any atom is 0.304 e. The van der Waals surface area contributed by atoms with E-state index in [0.29, 0.717) is 6.61 Å². The summed E-state index contributed by atoms with van der Waals surface area (Å²) in [4.78, 5) is 0. The Morgan fingerprint density at radius 3 is 2.79 bits per heavy atom. The van der Waals surface area contributed by atoms with Crippen LogP contribution in [-0.2, 0) is 8.85 Å². The molecule has 0 aromatic heterocycles. The van der Waals surface area contributed by atoms with Crippen LogP contribution in [0.5, 0.6) is 5.75 Å². The monoisotopic (exact) mass is 212 g/mol. The molecule has 0 bridgehead atoms. The molecule has 0 fully saturated rings. The molecule has 1 aromatic carbocycles. The molecule has 0 aliphatic heterocycles. The number of hydrogen-bond donors (Lipinski definition) is 1. The lowest BCUT2D eigenvalue weighted by atomic mass is 10.1. The molecular weight excluding hydrogens is 196 g/mol. The molecule has 0 saturated carbocycles. The van der Waals surface area contributed by atoms with Gasteiger partial charge >= 0.3 is 10.0 Å². The van der Waals surface area contributed by atoms with Gasteiger partial charge in [-0.05, 0) is 19.9 Å². The number of hydrogen-bond acceptors (Lipinski definition) is 3. The normalized spacial score (nSPS) is 13.6. The Morgan fingerprint density at radius 2 is 2.14 bits per heavy atom. The zero-order chi connectivity index (χ0) is 10.4. The highest BCUT2D eigenvalue weighted by Gasteiger charge is 2.09. The van der Waals surface area contributed by atoms with Crippen LogP contribution >= 0.6 is 0 Å². The zero-order valence-electron chi connectivity index (χ0n) is 8.56. The number of aromatic hydroxyl groups is 1. The van der Waals surface area contributed by atoms with Crippen LogP contribution in [0.1, 0.15) is 25.5 Å². The summed E-state index contributed by atoms with van der Waals surface area (Å²) in [6.45, 7) is 4.56. The third-order valence-corrected chi connectivity index (χ3v) is 3.19. The smallest absolute Gasteiger partial charge is 0.304 e. The molecule has 1 unspecified atom stereocenters. The van der Waals surface area contributed by atoms with Gasteiger partial charge in [-0.25, -0.2) is 0 Å². The minimum atomic E-state index is -0.907. The van der Waals surface area contributed by atoms with E-state index in [4.69, 9.17) is 8.85 Å². The summed E-state index contributed by atoms with van der Waals surface area (Å²) in [6.07, 6.45) is -0.0885. The maximum atomic E-state index is 9.53. The number of phenolic OH excluding ortho intramolecular Hbond substituents is 1. The van der Waals surface area contributed by atoms with E-state index >= 15 is 0 Å². The van der Waals surface area contributed by atoms with Gasteiger partial charge in [-0.3, -0.25) is 0 Å². The summed E-state index contributed by atoms with van der Waals surface area (Å²) < 4.78 is 10.7. The van der Waals surface area contributed by atoms with E-state index in [-0.39, 0.29) is 11.9 Å². The molecule has 3 nitrogen and oxygen atoms in total. The molecule has 0 aliphatic rings. The van der Waals surface area contributed by atoms with Gasteiger partial charge in [-0.15, -0.1) is 0 Å². The van der Waals surface area contributed by atoms with Gasteiger partial charge in [0.05, 0.1) is 6.10 Å². The van der Waals surface area contributed by atoms with Crippen LogP contribution < -0.4 is 0 Å². The fourth-order valence-corrected chi connectivity index (χ4v) is 1.80. The Balaban J connectivity index is 2.51. The Labute approximate surface area is 86.7 Å². The molecule has 0 heterocycles. The second kappa shape index (κ2) is 5.80. The van der Waals surface area contributed by atoms with Gasteiger partial charge in [-0.2, -0.15) is 0 Å². The summed E-state index contributed by atoms with van der Waals surface area (Å²) in [5.41, 5.74) is 0.819. The predicted octanol–water partition coefficient (Wildman–Crippen LogP) is 1.51. The van der Waals surface area contributed by atoms with Gasteiger partial charge in [0.25, 0.3) is 0 Å². The Morgan fingerprint density at radius 1 is 1.43 bits per heavy atom. The van der Waals surface area contributed by atoms with E-state index < -0.39 is 10.0 Å². The Bertz CT molecular complexity index is 278. The van der Waals surface area contributed by atoms with E-state index in [1.54, 1.807) is 12.1 Å². The highest BCUT2D eigenvalue weighted by atomic mass is 28.3. The largest absolute Gasteiger partial charge is 0.508 e. The van der Waals surface area contributed by atoms with Crippen LogP contribution in [0.4, 0.5) is 0 Å². The van der Waals surface area contributed by atoms with Gasteiger partial charge in [-0.1, -0.05) is 18.2 Å². The molecule has 0 aliphatic carbocycles. The van der Waals surface area contributed by atoms with Crippen LogP contribution in [-0.4, -0.2) is 21.7 Å². The van der Waals surface area contributed by atoms with Crippen LogP contribution in [0.15, 0.2) is 24.3 Å². The highest BCUT2D eigenvalue weighted by Crippen LogP contribution is 2.25. The lowest BCUT2D eigenvalue weighted by molar-refractivity contribution is 0.172. The van der Waals surface area contributed by atoms with Crippen molar-refractivity contribution in [1.82, 2.24) is 0 Å². The fourth-order valence-electron chi connectivity index (χ4n) is 1.15. The maximum absolute atomic E-state index is 9.53. The van der Waals surface area contributed by atoms with Gasteiger partial charge in [0, 0.05) is 12.2 Å². The average Bonchev–Trinajstić information content (AvgIpc) is 2.18. The molecule has 1 aromatic rings. The highest BCUT2D eigenvalue weighted by molar-refractivity contribution is 6.18. The molecule has 1 atom stereocenters. The summed E-state index contributed by atoms with van der Waals surface area (Å²) in [5, 5.41) is 9.53. The molecule has 4 heteroatoms. The average molecular weight is 212 g/mol. The zero-order valence-corrected chi connectivity index (χ0v) is 9.98. The van der Waals surface area contributed by atoms with E-state index in [0.717, 1.165) is 5.56 Å². The lowest BCUT2D eigenvalue weighted by Crippen LogP contribution is -2.08. The third-order valence-electron chi connectivity index (χ3n) is 1.98. The van der Waals surface area contributed by atoms with Gasteiger partial charge < -0.3 is 14.0 Å². The predicted molar refractivity (Wildman–Crippen MR) is 57.8 cm³/mol. The van der Waals surface area contributed by atoms with Crippen molar-refractivity contribution in [3.05, 3.63) is 29.8 Å². The minimum Gasteiger partial charge on any atom is -0.508 e. The van der Waals surface area contributed by atoms with Crippen molar-refractivity contribution in [1.29, 1.82) is 0 Å². The molecule has 0 spiro atoms. The van der Waals surface area contributed by atoms with Crippen molar-refractivity contribution in [3.63, 3.8) is 0 Å². The lowest BCUT2D eigenvalue weighted by Gasteiger charge is -2.14. The fraction of sp³-hybridized carbons (Fsp3) is 0.400. The van der Waals surface area contributed by atoms with Crippen molar-refractivity contribution in [2.45, 2.75) is 20.0 Å². The third kappa shape index (κ3) is 3.14. The van der Waals surface area contributed by atoms with Crippen LogP contribution in [0, 0.1) is 0 Å². The summed E-state index contributed by atoms with van der Waals surface area (Å²) >= 11 is 0. The SMILES string of the molecule is CCO[SiH2]OC(C)c1ccccc1O. The number of para-hydroxylation sites is 1. The minimum absolute atomic E-state index is 0.0885. The van der Waals surface area contributed by atoms with Gasteiger partial charge in [0.15, 0.2) is 0 Å². The molecule has 78 valence electrons. The first-order valence-corrected chi connectivity index (χ1v) is 5.88. The quantitative estimate of drug-likeness (QED) is 0.594. The van der Waals surface area contributed by atoms with Crippen molar-refractivity contribution in [2.24, 2.45) is 0 Å². The van der Waals surface area contributed by atoms with Crippen molar-refractivity contribution < 1.29 is 14.0 Å². The Kier molecular flexibility index (Phi) is 4.65. The molecule has 1 rings (SSSR count). The second-order valence-corrected chi connectivity index (χ2v) is 3.96. The number of benzene rings is 1. The summed E-state index contributed by atoms with van der Waals surface area (Å²) in [7, 11) is -0.907. The van der Waals surface area contributed by atoms with E-state index in [2.05, 4.69) is 0 Å². The first-order valence-electron chi connectivity index (χ1n) is 4.73.